The largest absolute Gasteiger partial charge is 0.481 e. The van der Waals surface area contributed by atoms with Gasteiger partial charge in [0.15, 0.2) is 5.92 Å². The second-order valence-corrected chi connectivity index (χ2v) is 5.21. The summed E-state index contributed by atoms with van der Waals surface area (Å²) in [7, 11) is 0. The van der Waals surface area contributed by atoms with Crippen LogP contribution in [-0.2, 0) is 4.79 Å². The van der Waals surface area contributed by atoms with Crippen LogP contribution in [0.1, 0.15) is 33.1 Å². The van der Waals surface area contributed by atoms with Gasteiger partial charge in [0.2, 0.25) is 0 Å². The molecule has 0 aromatic carbocycles. The van der Waals surface area contributed by atoms with Gasteiger partial charge in [0.05, 0.1) is 0 Å². The van der Waals surface area contributed by atoms with E-state index in [2.05, 4.69) is 12.2 Å². The van der Waals surface area contributed by atoms with E-state index in [0.29, 0.717) is 5.92 Å². The zero-order valence-electron chi connectivity index (χ0n) is 10.6. The average molecular weight is 267 g/mol. The van der Waals surface area contributed by atoms with Crippen molar-refractivity contribution in [3.63, 3.8) is 0 Å². The Bertz CT molecular complexity index is 294. The number of aliphatic carboxylic acids is 1. The second kappa shape index (κ2) is 5.91. The quantitative estimate of drug-likeness (QED) is 0.823. The minimum atomic E-state index is -4.69. The van der Waals surface area contributed by atoms with Crippen molar-refractivity contribution in [1.29, 1.82) is 0 Å². The van der Waals surface area contributed by atoms with Crippen molar-refractivity contribution in [3.05, 3.63) is 0 Å². The number of hydrogen-bond acceptors (Lipinski definition) is 2. The predicted octanol–water partition coefficient (Wildman–Crippen LogP) is 2.66. The van der Waals surface area contributed by atoms with Crippen molar-refractivity contribution < 1.29 is 23.1 Å². The zero-order valence-corrected chi connectivity index (χ0v) is 10.6. The molecule has 0 spiro atoms. The zero-order chi connectivity index (χ0) is 13.9. The fourth-order valence-electron chi connectivity index (χ4n) is 2.48. The topological polar surface area (TPSA) is 49.3 Å². The third kappa shape index (κ3) is 3.86. The summed E-state index contributed by atoms with van der Waals surface area (Å²) in [5, 5.41) is 11.4. The molecule has 0 radical (unpaired) electrons. The smallest absolute Gasteiger partial charge is 0.403 e. The number of alkyl halides is 3. The Hall–Kier alpha value is -0.780. The van der Waals surface area contributed by atoms with Crippen LogP contribution >= 0.6 is 0 Å². The Balaban J connectivity index is 2.54. The molecular formula is C12H20F3NO2. The van der Waals surface area contributed by atoms with Gasteiger partial charge >= 0.3 is 12.1 Å². The molecule has 3 nitrogen and oxygen atoms in total. The van der Waals surface area contributed by atoms with Crippen molar-refractivity contribution in [2.75, 3.05) is 6.54 Å². The third-order valence-electron chi connectivity index (χ3n) is 3.98. The van der Waals surface area contributed by atoms with E-state index in [4.69, 9.17) is 5.11 Å². The Morgan fingerprint density at radius 3 is 2.50 bits per heavy atom. The monoisotopic (exact) mass is 267 g/mol. The average Bonchev–Trinajstić information content (AvgIpc) is 2.22. The number of hydrogen-bond donors (Lipinski definition) is 2. The summed E-state index contributed by atoms with van der Waals surface area (Å²) in [5.41, 5.74) is 0. The number of halogens is 3. The number of rotatable bonds is 4. The SMILES string of the molecule is CC1CCCC(NCC(C(=O)O)C(F)(F)F)C1C. The van der Waals surface area contributed by atoms with Gasteiger partial charge in [-0.3, -0.25) is 4.79 Å². The van der Waals surface area contributed by atoms with Gasteiger partial charge in [0.1, 0.15) is 0 Å². The number of carboxylic acid groups (broad SMARTS) is 1. The summed E-state index contributed by atoms with van der Waals surface area (Å²) in [6.07, 6.45) is -1.81. The Morgan fingerprint density at radius 2 is 2.00 bits per heavy atom. The van der Waals surface area contributed by atoms with Gasteiger partial charge in [0.25, 0.3) is 0 Å². The van der Waals surface area contributed by atoms with Gasteiger partial charge in [-0.15, -0.1) is 0 Å². The lowest BCUT2D eigenvalue weighted by atomic mass is 9.78. The molecule has 4 unspecified atom stereocenters. The standard InChI is InChI=1S/C12H20F3NO2/c1-7-4-3-5-10(8(7)2)16-6-9(11(17)18)12(13,14)15/h7-10,16H,3-6H2,1-2H3,(H,17,18). The summed E-state index contributed by atoms with van der Waals surface area (Å²) in [6, 6.07) is -0.0158. The molecule has 0 aromatic heterocycles. The van der Waals surface area contributed by atoms with Crippen LogP contribution in [0.3, 0.4) is 0 Å². The van der Waals surface area contributed by atoms with Crippen LogP contribution in [0.4, 0.5) is 13.2 Å². The molecule has 0 bridgehead atoms. The molecule has 1 aliphatic carbocycles. The van der Waals surface area contributed by atoms with Gasteiger partial charge in [-0.05, 0) is 18.3 Å². The van der Waals surface area contributed by atoms with Crippen molar-refractivity contribution in [3.8, 4) is 0 Å². The lowest BCUT2D eigenvalue weighted by Crippen LogP contribution is -2.47. The highest BCUT2D eigenvalue weighted by Gasteiger charge is 2.45. The lowest BCUT2D eigenvalue weighted by molar-refractivity contribution is -0.192. The first-order chi connectivity index (χ1) is 8.23. The van der Waals surface area contributed by atoms with Crippen molar-refractivity contribution in [2.45, 2.75) is 45.3 Å². The van der Waals surface area contributed by atoms with E-state index in [1.54, 1.807) is 0 Å². The number of carbonyl (C=O) groups is 1. The Morgan fingerprint density at radius 1 is 1.39 bits per heavy atom. The molecule has 1 aliphatic rings. The van der Waals surface area contributed by atoms with Crippen LogP contribution in [0.25, 0.3) is 0 Å². The molecule has 4 atom stereocenters. The maximum Gasteiger partial charge on any atom is 0.403 e. The van der Waals surface area contributed by atoms with E-state index in [0.717, 1.165) is 19.3 Å². The molecule has 1 fully saturated rings. The van der Waals surface area contributed by atoms with Crippen LogP contribution in [0.2, 0.25) is 0 Å². The molecule has 1 rings (SSSR count). The van der Waals surface area contributed by atoms with Gasteiger partial charge in [0, 0.05) is 12.6 Å². The van der Waals surface area contributed by atoms with E-state index >= 15 is 0 Å². The maximum absolute atomic E-state index is 12.5. The van der Waals surface area contributed by atoms with Crippen LogP contribution in [-0.4, -0.2) is 29.8 Å². The van der Waals surface area contributed by atoms with E-state index in [1.165, 1.54) is 0 Å². The van der Waals surface area contributed by atoms with E-state index in [1.807, 2.05) is 6.92 Å². The molecule has 106 valence electrons. The number of nitrogens with one attached hydrogen (secondary N) is 1. The first-order valence-corrected chi connectivity index (χ1v) is 6.26. The lowest BCUT2D eigenvalue weighted by Gasteiger charge is -2.35. The summed E-state index contributed by atoms with van der Waals surface area (Å²) >= 11 is 0. The second-order valence-electron chi connectivity index (χ2n) is 5.21. The van der Waals surface area contributed by atoms with Crippen molar-refractivity contribution in [1.82, 2.24) is 5.32 Å². The summed E-state index contributed by atoms with van der Waals surface area (Å²) in [4.78, 5) is 10.6. The minimum absolute atomic E-state index is 0.0158. The van der Waals surface area contributed by atoms with E-state index in [9.17, 15) is 18.0 Å². The van der Waals surface area contributed by atoms with Gasteiger partial charge in [-0.2, -0.15) is 13.2 Å². The highest BCUT2D eigenvalue weighted by atomic mass is 19.4. The fraction of sp³-hybridized carbons (Fsp3) is 0.917. The first kappa shape index (κ1) is 15.3. The molecule has 0 amide bonds. The van der Waals surface area contributed by atoms with Crippen LogP contribution < -0.4 is 5.32 Å². The first-order valence-electron chi connectivity index (χ1n) is 6.26. The van der Waals surface area contributed by atoms with Gasteiger partial charge < -0.3 is 10.4 Å². The van der Waals surface area contributed by atoms with Crippen LogP contribution in [0.15, 0.2) is 0 Å². The van der Waals surface area contributed by atoms with E-state index < -0.39 is 24.6 Å². The normalized spacial score (nSPS) is 31.1. The van der Waals surface area contributed by atoms with Crippen molar-refractivity contribution >= 4 is 5.97 Å². The highest BCUT2D eigenvalue weighted by molar-refractivity contribution is 5.71. The minimum Gasteiger partial charge on any atom is -0.481 e. The molecule has 0 aliphatic heterocycles. The molecule has 1 saturated carbocycles. The summed E-state index contributed by atoms with van der Waals surface area (Å²) in [5.74, 6) is -3.39. The van der Waals surface area contributed by atoms with Crippen LogP contribution in [0.5, 0.6) is 0 Å². The van der Waals surface area contributed by atoms with Gasteiger partial charge in [-0.25, -0.2) is 0 Å². The molecule has 6 heteroatoms. The molecule has 0 heterocycles. The fourth-order valence-corrected chi connectivity index (χ4v) is 2.48. The summed E-state index contributed by atoms with van der Waals surface area (Å²) in [6.45, 7) is 3.54. The Kier molecular flexibility index (Phi) is 5.01. The molecule has 18 heavy (non-hydrogen) atoms. The van der Waals surface area contributed by atoms with E-state index in [-0.39, 0.29) is 12.0 Å². The molecular weight excluding hydrogens is 247 g/mol. The Labute approximate surface area is 105 Å². The van der Waals surface area contributed by atoms with Gasteiger partial charge in [-0.1, -0.05) is 26.7 Å². The van der Waals surface area contributed by atoms with Crippen molar-refractivity contribution in [2.24, 2.45) is 17.8 Å². The molecule has 0 aromatic rings. The highest BCUT2D eigenvalue weighted by Crippen LogP contribution is 2.31. The predicted molar refractivity (Wildman–Crippen MR) is 61.2 cm³/mol. The number of carboxylic acids is 1. The molecule has 2 N–H and O–H groups in total. The van der Waals surface area contributed by atoms with Crippen LogP contribution in [0, 0.1) is 17.8 Å². The maximum atomic E-state index is 12.5. The summed E-state index contributed by atoms with van der Waals surface area (Å²) < 4.78 is 37.4. The third-order valence-corrected chi connectivity index (χ3v) is 3.98. The molecule has 0 saturated heterocycles.